The summed E-state index contributed by atoms with van der Waals surface area (Å²) in [6.07, 6.45) is 0.0919. The van der Waals surface area contributed by atoms with E-state index in [4.69, 9.17) is 9.47 Å². The second kappa shape index (κ2) is 12.1. The van der Waals surface area contributed by atoms with Gasteiger partial charge in [0.2, 0.25) is 5.91 Å². The average Bonchev–Trinajstić information content (AvgIpc) is 2.95. The lowest BCUT2D eigenvalue weighted by atomic mass is 10.00. The number of carbonyl (C=O) groups is 3. The number of ether oxygens (including phenoxy) is 2. The topological polar surface area (TPSA) is 105 Å². The van der Waals surface area contributed by atoms with Gasteiger partial charge in [-0.2, -0.15) is 0 Å². The molecule has 8 nitrogen and oxygen atoms in total. The highest BCUT2D eigenvalue weighted by molar-refractivity contribution is 6.02. The van der Waals surface area contributed by atoms with Gasteiger partial charge < -0.3 is 14.6 Å². The minimum absolute atomic E-state index is 0.0334. The van der Waals surface area contributed by atoms with Crippen LogP contribution >= 0.6 is 0 Å². The van der Waals surface area contributed by atoms with Crippen LogP contribution in [0.5, 0.6) is 0 Å². The van der Waals surface area contributed by atoms with Gasteiger partial charge in [0.25, 0.3) is 0 Å². The lowest BCUT2D eigenvalue weighted by Crippen LogP contribution is -2.53. The van der Waals surface area contributed by atoms with E-state index in [0.717, 1.165) is 5.56 Å². The number of rotatable bonds is 9. The molecule has 0 radical (unpaired) electrons. The van der Waals surface area contributed by atoms with Crippen molar-refractivity contribution in [2.45, 2.75) is 70.7 Å². The summed E-state index contributed by atoms with van der Waals surface area (Å²) in [5.41, 5.74) is 1.55. The number of carbonyl (C=O) groups excluding carboxylic acids is 3. The van der Waals surface area contributed by atoms with Crippen molar-refractivity contribution in [3.05, 3.63) is 65.7 Å². The first-order chi connectivity index (χ1) is 17.1. The summed E-state index contributed by atoms with van der Waals surface area (Å²) in [5.74, 6) is -1.40. The highest BCUT2D eigenvalue weighted by atomic mass is 16.6. The Bertz CT molecular complexity index is 1050. The molecule has 1 amide bonds. The van der Waals surface area contributed by atoms with Gasteiger partial charge in [-0.1, -0.05) is 48.5 Å². The molecule has 3 unspecified atom stereocenters. The molecule has 1 aliphatic rings. The molecule has 8 heteroatoms. The third-order valence-corrected chi connectivity index (χ3v) is 5.87. The second-order valence-corrected chi connectivity index (χ2v) is 9.86. The SMILES string of the molecule is CCOC(=O)C(CC(O)c1ccccc1)NC1CCc2ccccc2N(CC(=O)OC(C)(C)C)C1=O. The highest BCUT2D eigenvalue weighted by Gasteiger charge is 2.36. The van der Waals surface area contributed by atoms with Crippen LogP contribution in [0.15, 0.2) is 54.6 Å². The molecule has 1 heterocycles. The van der Waals surface area contributed by atoms with Crippen LogP contribution in [0.4, 0.5) is 5.69 Å². The van der Waals surface area contributed by atoms with Gasteiger partial charge in [0, 0.05) is 12.1 Å². The fourth-order valence-electron chi connectivity index (χ4n) is 4.29. The van der Waals surface area contributed by atoms with Gasteiger partial charge in [-0.05, 0) is 57.7 Å². The Hall–Kier alpha value is -3.23. The van der Waals surface area contributed by atoms with E-state index in [0.29, 0.717) is 24.1 Å². The van der Waals surface area contributed by atoms with Crippen molar-refractivity contribution in [1.29, 1.82) is 0 Å². The molecule has 0 aliphatic carbocycles. The van der Waals surface area contributed by atoms with Crippen LogP contribution in [0.2, 0.25) is 0 Å². The van der Waals surface area contributed by atoms with E-state index in [1.165, 1.54) is 4.90 Å². The predicted molar refractivity (Wildman–Crippen MR) is 136 cm³/mol. The number of aryl methyl sites for hydroxylation is 1. The number of anilines is 1. The number of benzene rings is 2. The maximum absolute atomic E-state index is 13.7. The van der Waals surface area contributed by atoms with E-state index in [2.05, 4.69) is 5.32 Å². The van der Waals surface area contributed by atoms with Crippen LogP contribution in [-0.4, -0.2) is 53.8 Å². The summed E-state index contributed by atoms with van der Waals surface area (Å²) in [5, 5.41) is 13.9. The number of aliphatic hydroxyl groups is 1. The fraction of sp³-hybridized carbons (Fsp3) is 0.464. The number of fused-ring (bicyclic) bond motifs is 1. The molecule has 36 heavy (non-hydrogen) atoms. The number of amides is 1. The van der Waals surface area contributed by atoms with E-state index < -0.39 is 35.7 Å². The third kappa shape index (κ3) is 7.38. The Morgan fingerprint density at radius 3 is 2.44 bits per heavy atom. The maximum atomic E-state index is 13.7. The zero-order chi connectivity index (χ0) is 26.3. The van der Waals surface area contributed by atoms with E-state index in [1.54, 1.807) is 39.8 Å². The molecule has 0 spiro atoms. The minimum atomic E-state index is -0.927. The second-order valence-electron chi connectivity index (χ2n) is 9.86. The molecule has 1 aliphatic heterocycles. The zero-order valence-electron chi connectivity index (χ0n) is 21.4. The first-order valence-corrected chi connectivity index (χ1v) is 12.4. The third-order valence-electron chi connectivity index (χ3n) is 5.87. The Morgan fingerprint density at radius 1 is 1.11 bits per heavy atom. The van der Waals surface area contributed by atoms with Crippen LogP contribution in [0.1, 0.15) is 57.8 Å². The van der Waals surface area contributed by atoms with E-state index >= 15 is 0 Å². The smallest absolute Gasteiger partial charge is 0.326 e. The molecule has 3 rings (SSSR count). The van der Waals surface area contributed by atoms with Gasteiger partial charge in [0.1, 0.15) is 18.2 Å². The molecule has 0 bridgehead atoms. The lowest BCUT2D eigenvalue weighted by molar-refractivity contribution is -0.154. The number of para-hydroxylation sites is 1. The first kappa shape index (κ1) is 27.4. The van der Waals surface area contributed by atoms with Crippen molar-refractivity contribution >= 4 is 23.5 Å². The fourth-order valence-corrected chi connectivity index (χ4v) is 4.29. The molecule has 0 fully saturated rings. The Morgan fingerprint density at radius 2 is 1.78 bits per heavy atom. The number of aliphatic hydroxyl groups excluding tert-OH is 1. The molecule has 2 N–H and O–H groups in total. The van der Waals surface area contributed by atoms with Crippen molar-refractivity contribution in [3.63, 3.8) is 0 Å². The molecule has 2 aromatic rings. The Kier molecular flexibility index (Phi) is 9.23. The van der Waals surface area contributed by atoms with Gasteiger partial charge >= 0.3 is 11.9 Å². The number of nitrogens with one attached hydrogen (secondary N) is 1. The normalized spacial score (nSPS) is 17.5. The summed E-state index contributed by atoms with van der Waals surface area (Å²) in [7, 11) is 0. The largest absolute Gasteiger partial charge is 0.465 e. The molecule has 194 valence electrons. The van der Waals surface area contributed by atoms with Crippen molar-refractivity contribution in [2.24, 2.45) is 0 Å². The van der Waals surface area contributed by atoms with Crippen LogP contribution in [0.3, 0.4) is 0 Å². The highest BCUT2D eigenvalue weighted by Crippen LogP contribution is 2.28. The maximum Gasteiger partial charge on any atom is 0.326 e. The number of esters is 2. The van der Waals surface area contributed by atoms with Crippen molar-refractivity contribution in [2.75, 3.05) is 18.1 Å². The number of hydrogen-bond acceptors (Lipinski definition) is 7. The monoisotopic (exact) mass is 496 g/mol. The van der Waals surface area contributed by atoms with Gasteiger partial charge in [0.05, 0.1) is 18.8 Å². The summed E-state index contributed by atoms with van der Waals surface area (Å²) in [6, 6.07) is 14.8. The van der Waals surface area contributed by atoms with Crippen molar-refractivity contribution in [1.82, 2.24) is 5.32 Å². The van der Waals surface area contributed by atoms with Gasteiger partial charge in [-0.3, -0.25) is 24.6 Å². The van der Waals surface area contributed by atoms with Gasteiger partial charge in [-0.15, -0.1) is 0 Å². The van der Waals surface area contributed by atoms with Crippen LogP contribution in [-0.2, 0) is 30.3 Å². The summed E-state index contributed by atoms with van der Waals surface area (Å²) in [4.78, 5) is 40.6. The summed E-state index contributed by atoms with van der Waals surface area (Å²) >= 11 is 0. The summed E-state index contributed by atoms with van der Waals surface area (Å²) in [6.45, 7) is 6.95. The van der Waals surface area contributed by atoms with Crippen LogP contribution < -0.4 is 10.2 Å². The van der Waals surface area contributed by atoms with Gasteiger partial charge in [0.15, 0.2) is 0 Å². The summed E-state index contributed by atoms with van der Waals surface area (Å²) < 4.78 is 10.7. The predicted octanol–water partition coefficient (Wildman–Crippen LogP) is 3.32. The van der Waals surface area contributed by atoms with Gasteiger partial charge in [-0.25, -0.2) is 0 Å². The molecular weight excluding hydrogens is 460 g/mol. The molecular formula is C28H36N2O6. The van der Waals surface area contributed by atoms with E-state index in [1.807, 2.05) is 42.5 Å². The molecule has 0 saturated heterocycles. The molecule has 0 saturated carbocycles. The Balaban J connectivity index is 1.85. The Labute approximate surface area is 212 Å². The van der Waals surface area contributed by atoms with Crippen molar-refractivity contribution < 1.29 is 29.0 Å². The molecule has 2 aromatic carbocycles. The van der Waals surface area contributed by atoms with Crippen molar-refractivity contribution in [3.8, 4) is 0 Å². The van der Waals surface area contributed by atoms with Crippen LogP contribution in [0.25, 0.3) is 0 Å². The minimum Gasteiger partial charge on any atom is -0.465 e. The standard InChI is InChI=1S/C28H36N2O6/c1-5-35-27(34)22(17-24(31)20-12-7-6-8-13-20)29-21-16-15-19-11-9-10-14-23(19)30(26(21)33)18-25(32)36-28(2,3)4/h6-14,21-22,24,29,31H,5,15-18H2,1-4H3. The molecule has 0 aromatic heterocycles. The molecule has 3 atom stereocenters. The number of hydrogen-bond donors (Lipinski definition) is 2. The van der Waals surface area contributed by atoms with E-state index in [-0.39, 0.29) is 25.5 Å². The first-order valence-electron chi connectivity index (χ1n) is 12.4. The quantitative estimate of drug-likeness (QED) is 0.513. The average molecular weight is 497 g/mol. The van der Waals surface area contributed by atoms with Crippen LogP contribution in [0, 0.1) is 0 Å². The zero-order valence-corrected chi connectivity index (χ0v) is 21.4. The lowest BCUT2D eigenvalue weighted by Gasteiger charge is -2.29. The number of nitrogens with zero attached hydrogens (tertiary/aromatic N) is 1. The van der Waals surface area contributed by atoms with E-state index in [9.17, 15) is 19.5 Å².